The molecule has 5 nitrogen and oxygen atoms in total. The topological polar surface area (TPSA) is 64.6 Å². The molecule has 134 valence electrons. The zero-order valence-corrected chi connectivity index (χ0v) is 15.8. The van der Waals surface area contributed by atoms with Crippen molar-refractivity contribution in [2.24, 2.45) is 0 Å². The Hall–Kier alpha value is -1.65. The van der Waals surface area contributed by atoms with Gasteiger partial charge in [-0.1, -0.05) is 23.7 Å². The highest BCUT2D eigenvalue weighted by molar-refractivity contribution is 7.53. The normalized spacial score (nSPS) is 11.3. The third-order valence-corrected chi connectivity index (χ3v) is 5.65. The van der Waals surface area contributed by atoms with Crippen molar-refractivity contribution in [3.05, 3.63) is 64.7 Å². The lowest BCUT2D eigenvalue weighted by atomic mass is 10.1. The van der Waals surface area contributed by atoms with E-state index in [-0.39, 0.29) is 12.1 Å². The van der Waals surface area contributed by atoms with Crippen molar-refractivity contribution in [2.75, 3.05) is 18.5 Å². The van der Waals surface area contributed by atoms with Crippen molar-refractivity contribution >= 4 is 30.8 Å². The van der Waals surface area contributed by atoms with Gasteiger partial charge in [-0.15, -0.1) is 0 Å². The number of anilines is 1. The zero-order chi connectivity index (χ0) is 18.3. The van der Waals surface area contributed by atoms with Gasteiger partial charge in [-0.3, -0.25) is 9.36 Å². The number of amides is 1. The lowest BCUT2D eigenvalue weighted by molar-refractivity contribution is 0.102. The second-order valence-corrected chi connectivity index (χ2v) is 7.75. The van der Waals surface area contributed by atoms with Gasteiger partial charge in [-0.2, -0.15) is 0 Å². The van der Waals surface area contributed by atoms with E-state index in [0.717, 1.165) is 5.56 Å². The summed E-state index contributed by atoms with van der Waals surface area (Å²) >= 11 is 5.82. The molecule has 0 radical (unpaired) electrons. The van der Waals surface area contributed by atoms with E-state index >= 15 is 0 Å². The highest BCUT2D eigenvalue weighted by atomic mass is 35.5. The fourth-order valence-corrected chi connectivity index (χ4v) is 4.07. The van der Waals surface area contributed by atoms with Crippen LogP contribution in [-0.2, 0) is 19.8 Å². The predicted molar refractivity (Wildman–Crippen MR) is 100 cm³/mol. The molecule has 0 aliphatic carbocycles. The molecule has 2 aromatic rings. The lowest BCUT2D eigenvalue weighted by Crippen LogP contribution is -2.11. The van der Waals surface area contributed by atoms with Crippen LogP contribution in [0.5, 0.6) is 0 Å². The zero-order valence-electron chi connectivity index (χ0n) is 14.2. The average Bonchev–Trinajstić information content (AvgIpc) is 2.58. The molecule has 2 aromatic carbocycles. The Morgan fingerprint density at radius 3 is 2.08 bits per heavy atom. The van der Waals surface area contributed by atoms with E-state index in [1.165, 1.54) is 0 Å². The average molecular weight is 382 g/mol. The van der Waals surface area contributed by atoms with Crippen molar-refractivity contribution in [3.63, 3.8) is 0 Å². The van der Waals surface area contributed by atoms with Crippen LogP contribution in [0.15, 0.2) is 48.5 Å². The summed E-state index contributed by atoms with van der Waals surface area (Å²) in [7, 11) is -3.15. The molecule has 0 saturated carbocycles. The van der Waals surface area contributed by atoms with Gasteiger partial charge >= 0.3 is 7.60 Å². The fourth-order valence-electron chi connectivity index (χ4n) is 2.24. The van der Waals surface area contributed by atoms with Gasteiger partial charge in [-0.25, -0.2) is 0 Å². The van der Waals surface area contributed by atoms with Crippen molar-refractivity contribution < 1.29 is 18.4 Å². The van der Waals surface area contributed by atoms with Crippen molar-refractivity contribution in [2.45, 2.75) is 20.0 Å². The minimum atomic E-state index is -3.15. The number of halogens is 1. The number of carbonyl (C=O) groups is 1. The minimum Gasteiger partial charge on any atom is -0.322 e. The fraction of sp³-hybridized carbons (Fsp3) is 0.278. The van der Waals surface area contributed by atoms with Crippen LogP contribution >= 0.6 is 19.2 Å². The molecule has 0 aliphatic heterocycles. The van der Waals surface area contributed by atoms with Gasteiger partial charge in [-0.05, 0) is 55.8 Å². The third-order valence-electron chi connectivity index (χ3n) is 3.35. The summed E-state index contributed by atoms with van der Waals surface area (Å²) in [5, 5.41) is 3.40. The van der Waals surface area contributed by atoms with Gasteiger partial charge in [0.05, 0.1) is 19.4 Å². The number of rotatable bonds is 8. The molecule has 0 unspecified atom stereocenters. The van der Waals surface area contributed by atoms with Gasteiger partial charge in [0.1, 0.15) is 0 Å². The molecule has 0 spiro atoms. The second-order valence-electron chi connectivity index (χ2n) is 5.26. The first-order valence-electron chi connectivity index (χ1n) is 7.99. The Morgan fingerprint density at radius 2 is 1.56 bits per heavy atom. The molecule has 0 atom stereocenters. The summed E-state index contributed by atoms with van der Waals surface area (Å²) < 4.78 is 23.1. The highest BCUT2D eigenvalue weighted by Crippen LogP contribution is 2.51. The van der Waals surface area contributed by atoms with Gasteiger partial charge in [0.15, 0.2) is 0 Å². The molecule has 7 heteroatoms. The molecular weight excluding hydrogens is 361 g/mol. The van der Waals surface area contributed by atoms with Crippen LogP contribution in [0.3, 0.4) is 0 Å². The van der Waals surface area contributed by atoms with Crippen LogP contribution in [0.4, 0.5) is 5.69 Å². The number of benzene rings is 2. The van der Waals surface area contributed by atoms with E-state index in [1.807, 2.05) is 0 Å². The van der Waals surface area contributed by atoms with Gasteiger partial charge in [0.25, 0.3) is 5.91 Å². The van der Waals surface area contributed by atoms with Crippen LogP contribution < -0.4 is 5.32 Å². The van der Waals surface area contributed by atoms with Crippen molar-refractivity contribution in [3.8, 4) is 0 Å². The molecule has 2 rings (SSSR count). The van der Waals surface area contributed by atoms with Crippen LogP contribution in [0.25, 0.3) is 0 Å². The molecule has 0 aliphatic rings. The molecule has 0 aromatic heterocycles. The van der Waals surface area contributed by atoms with Crippen LogP contribution in [0, 0.1) is 0 Å². The van der Waals surface area contributed by atoms with E-state index in [4.69, 9.17) is 20.6 Å². The quantitative estimate of drug-likeness (QED) is 0.625. The van der Waals surface area contributed by atoms with E-state index < -0.39 is 7.60 Å². The van der Waals surface area contributed by atoms with Gasteiger partial charge < -0.3 is 14.4 Å². The van der Waals surface area contributed by atoms with Gasteiger partial charge in [0.2, 0.25) is 0 Å². The van der Waals surface area contributed by atoms with E-state index in [9.17, 15) is 9.36 Å². The summed E-state index contributed by atoms with van der Waals surface area (Å²) in [5.74, 6) is -0.230. The van der Waals surface area contributed by atoms with Crippen LogP contribution in [0.1, 0.15) is 29.8 Å². The van der Waals surface area contributed by atoms with Crippen LogP contribution in [0.2, 0.25) is 5.02 Å². The molecule has 0 heterocycles. The maximum atomic E-state index is 12.5. The first-order chi connectivity index (χ1) is 12.0. The van der Waals surface area contributed by atoms with E-state index in [2.05, 4.69) is 5.32 Å². The number of nitrogens with one attached hydrogen (secondary N) is 1. The lowest BCUT2D eigenvalue weighted by Gasteiger charge is -2.17. The smallest absolute Gasteiger partial charge is 0.322 e. The standard InChI is InChI=1S/C18H21ClNO4P/c1-3-23-25(22,24-4-2)13-14-5-7-15(8-6-14)18(21)20-17-11-9-16(19)10-12-17/h5-12H,3-4,13H2,1-2H3,(H,20,21). The Morgan fingerprint density at radius 1 is 1.00 bits per heavy atom. The summed E-state index contributed by atoms with van der Waals surface area (Å²) in [6.45, 7) is 4.18. The molecule has 0 saturated heterocycles. The summed E-state index contributed by atoms with van der Waals surface area (Å²) in [5.41, 5.74) is 1.95. The molecule has 25 heavy (non-hydrogen) atoms. The molecule has 1 N–H and O–H groups in total. The van der Waals surface area contributed by atoms with Crippen LogP contribution in [-0.4, -0.2) is 19.1 Å². The second kappa shape index (κ2) is 9.16. The molecule has 0 fully saturated rings. The maximum absolute atomic E-state index is 12.5. The minimum absolute atomic E-state index is 0.174. The Kier molecular flexibility index (Phi) is 7.21. The summed E-state index contributed by atoms with van der Waals surface area (Å²) in [6.07, 6.45) is 0.174. The third kappa shape index (κ3) is 5.98. The van der Waals surface area contributed by atoms with Gasteiger partial charge in [0, 0.05) is 16.3 Å². The van der Waals surface area contributed by atoms with Crippen molar-refractivity contribution in [1.82, 2.24) is 0 Å². The predicted octanol–water partition coefficient (Wildman–Crippen LogP) is 5.36. The van der Waals surface area contributed by atoms with E-state index in [1.54, 1.807) is 62.4 Å². The van der Waals surface area contributed by atoms with E-state index in [0.29, 0.717) is 29.5 Å². The highest BCUT2D eigenvalue weighted by Gasteiger charge is 2.24. The summed E-state index contributed by atoms with van der Waals surface area (Å²) in [6, 6.07) is 13.7. The first kappa shape index (κ1) is 19.7. The molecule has 1 amide bonds. The number of carbonyl (C=O) groups excluding carboxylic acids is 1. The Balaban J connectivity index is 2.04. The maximum Gasteiger partial charge on any atom is 0.335 e. The molecule has 0 bridgehead atoms. The SMILES string of the molecule is CCOP(=O)(Cc1ccc(C(=O)Nc2ccc(Cl)cc2)cc1)OCC. The van der Waals surface area contributed by atoms with Crippen molar-refractivity contribution in [1.29, 1.82) is 0 Å². The Labute approximate surface area is 152 Å². The Bertz CT molecular complexity index is 737. The monoisotopic (exact) mass is 381 g/mol. The first-order valence-corrected chi connectivity index (χ1v) is 10.1. The molecular formula is C18H21ClNO4P. The summed E-state index contributed by atoms with van der Waals surface area (Å²) in [4.78, 5) is 12.3. The number of hydrogen-bond donors (Lipinski definition) is 1. The number of hydrogen-bond acceptors (Lipinski definition) is 4. The largest absolute Gasteiger partial charge is 0.335 e.